The summed E-state index contributed by atoms with van der Waals surface area (Å²) in [6.45, 7) is 4.41. The van der Waals surface area contributed by atoms with E-state index in [1.807, 2.05) is 19.1 Å². The molecule has 1 aromatic carbocycles. The molecule has 3 rings (SSSR count). The highest BCUT2D eigenvalue weighted by Crippen LogP contribution is 2.18. The molecule has 0 aliphatic carbocycles. The molecule has 0 aliphatic heterocycles. The van der Waals surface area contributed by atoms with Crippen molar-refractivity contribution in [3.8, 4) is 0 Å². The number of hydrogen-bond acceptors (Lipinski definition) is 4. The second kappa shape index (κ2) is 7.91. The molecule has 6 heteroatoms. The van der Waals surface area contributed by atoms with E-state index in [1.165, 1.54) is 12.1 Å². The number of amides is 1. The number of carbonyl (C=O) groups excluding carboxylic acids is 1. The largest absolute Gasteiger partial charge is 0.435 e. The van der Waals surface area contributed by atoms with Crippen molar-refractivity contribution in [3.63, 3.8) is 0 Å². The summed E-state index contributed by atoms with van der Waals surface area (Å²) in [4.78, 5) is 23.0. The molecule has 0 unspecified atom stereocenters. The molecule has 3 aromatic rings. The third-order valence-electron chi connectivity index (χ3n) is 4.03. The lowest BCUT2D eigenvalue weighted by atomic mass is 10.1. The first kappa shape index (κ1) is 17.8. The first-order valence-corrected chi connectivity index (χ1v) is 8.45. The number of rotatable bonds is 6. The van der Waals surface area contributed by atoms with Crippen molar-refractivity contribution in [1.82, 2.24) is 14.9 Å². The zero-order valence-electron chi connectivity index (χ0n) is 14.8. The zero-order chi connectivity index (χ0) is 18.5. The fourth-order valence-corrected chi connectivity index (χ4v) is 2.66. The molecule has 0 saturated carbocycles. The van der Waals surface area contributed by atoms with Crippen molar-refractivity contribution >= 4 is 5.91 Å². The van der Waals surface area contributed by atoms with Crippen molar-refractivity contribution in [2.45, 2.75) is 33.4 Å². The van der Waals surface area contributed by atoms with Gasteiger partial charge in [0.25, 0.3) is 5.91 Å². The Labute approximate surface area is 151 Å². The van der Waals surface area contributed by atoms with Crippen LogP contribution < -0.4 is 0 Å². The van der Waals surface area contributed by atoms with E-state index in [1.54, 1.807) is 36.4 Å². The van der Waals surface area contributed by atoms with Crippen LogP contribution in [0.25, 0.3) is 0 Å². The molecule has 0 fully saturated rings. The first-order valence-electron chi connectivity index (χ1n) is 8.45. The number of benzene rings is 1. The number of nitrogens with zero attached hydrogens (tertiary/aromatic N) is 3. The lowest BCUT2D eigenvalue weighted by Gasteiger charge is -2.22. The molecular weight excluding hydrogens is 333 g/mol. The standard InChI is InChI=1S/C20H20FN3O2/c1-3-18-23-14(2)19(26-18)20(25)24(13-16-8-10-22-11-9-16)12-15-4-6-17(21)7-5-15/h4-11H,3,12-13H2,1-2H3. The van der Waals surface area contributed by atoms with E-state index >= 15 is 0 Å². The van der Waals surface area contributed by atoms with Crippen LogP contribution in [0.2, 0.25) is 0 Å². The van der Waals surface area contributed by atoms with Crippen LogP contribution >= 0.6 is 0 Å². The second-order valence-electron chi connectivity index (χ2n) is 6.02. The van der Waals surface area contributed by atoms with Crippen LogP contribution in [0, 0.1) is 12.7 Å². The van der Waals surface area contributed by atoms with Crippen LogP contribution in [0.5, 0.6) is 0 Å². The molecule has 5 nitrogen and oxygen atoms in total. The van der Waals surface area contributed by atoms with Crippen LogP contribution in [0.3, 0.4) is 0 Å². The van der Waals surface area contributed by atoms with Gasteiger partial charge in [-0.2, -0.15) is 0 Å². The predicted octanol–water partition coefficient (Wildman–Crippen LogP) is 3.92. The molecule has 0 N–H and O–H groups in total. The van der Waals surface area contributed by atoms with E-state index in [0.29, 0.717) is 31.1 Å². The quantitative estimate of drug-likeness (QED) is 0.674. The Morgan fingerprint density at radius 3 is 2.27 bits per heavy atom. The molecule has 0 aliphatic rings. The normalized spacial score (nSPS) is 10.7. The van der Waals surface area contributed by atoms with Crippen LogP contribution in [0.1, 0.15) is 40.2 Å². The van der Waals surface area contributed by atoms with Gasteiger partial charge in [-0.05, 0) is 42.3 Å². The first-order chi connectivity index (χ1) is 12.6. The van der Waals surface area contributed by atoms with Crippen molar-refractivity contribution in [1.29, 1.82) is 0 Å². The van der Waals surface area contributed by atoms with Crippen molar-refractivity contribution in [2.75, 3.05) is 0 Å². The molecular formula is C20H20FN3O2. The van der Waals surface area contributed by atoms with E-state index in [9.17, 15) is 9.18 Å². The minimum absolute atomic E-state index is 0.240. The Morgan fingerprint density at radius 1 is 1.08 bits per heavy atom. The highest BCUT2D eigenvalue weighted by molar-refractivity contribution is 5.92. The second-order valence-corrected chi connectivity index (χ2v) is 6.02. The highest BCUT2D eigenvalue weighted by Gasteiger charge is 2.23. The Balaban J connectivity index is 1.89. The van der Waals surface area contributed by atoms with Crippen LogP contribution in [-0.2, 0) is 19.5 Å². The van der Waals surface area contributed by atoms with Crippen molar-refractivity contribution < 1.29 is 13.6 Å². The number of oxazole rings is 1. The van der Waals surface area contributed by atoms with Crippen molar-refractivity contribution in [2.24, 2.45) is 0 Å². The van der Waals surface area contributed by atoms with Gasteiger partial charge in [-0.1, -0.05) is 19.1 Å². The molecule has 2 aromatic heterocycles. The molecule has 2 heterocycles. The fourth-order valence-electron chi connectivity index (χ4n) is 2.66. The van der Waals surface area contributed by atoms with Crippen LogP contribution in [0.15, 0.2) is 53.2 Å². The summed E-state index contributed by atoms with van der Waals surface area (Å²) in [7, 11) is 0. The number of carbonyl (C=O) groups is 1. The average molecular weight is 353 g/mol. The van der Waals surface area contributed by atoms with Gasteiger partial charge in [0, 0.05) is 31.9 Å². The van der Waals surface area contributed by atoms with E-state index < -0.39 is 0 Å². The predicted molar refractivity (Wildman–Crippen MR) is 94.8 cm³/mol. The van der Waals surface area contributed by atoms with Gasteiger partial charge in [0.1, 0.15) is 5.82 Å². The molecule has 0 radical (unpaired) electrons. The fraction of sp³-hybridized carbons (Fsp3) is 0.250. The smallest absolute Gasteiger partial charge is 0.292 e. The van der Waals surface area contributed by atoms with Gasteiger partial charge in [0.05, 0.1) is 5.69 Å². The van der Waals surface area contributed by atoms with E-state index in [-0.39, 0.29) is 17.5 Å². The number of aromatic nitrogens is 2. The van der Waals surface area contributed by atoms with Crippen molar-refractivity contribution in [3.05, 3.63) is 83.1 Å². The third-order valence-corrected chi connectivity index (χ3v) is 4.03. The van der Waals surface area contributed by atoms with Gasteiger partial charge in [0.15, 0.2) is 5.89 Å². The summed E-state index contributed by atoms with van der Waals surface area (Å²) >= 11 is 0. The Kier molecular flexibility index (Phi) is 5.41. The topological polar surface area (TPSA) is 59.2 Å². The van der Waals surface area contributed by atoms with Gasteiger partial charge >= 0.3 is 0 Å². The van der Waals surface area contributed by atoms with E-state index in [2.05, 4.69) is 9.97 Å². The maximum atomic E-state index is 13.2. The summed E-state index contributed by atoms with van der Waals surface area (Å²) in [5.74, 6) is 0.241. The number of aryl methyl sites for hydroxylation is 2. The van der Waals surface area contributed by atoms with Gasteiger partial charge in [-0.25, -0.2) is 9.37 Å². The minimum Gasteiger partial charge on any atom is -0.435 e. The summed E-state index contributed by atoms with van der Waals surface area (Å²) in [5.41, 5.74) is 2.36. The van der Waals surface area contributed by atoms with E-state index in [0.717, 1.165) is 11.1 Å². The zero-order valence-corrected chi connectivity index (χ0v) is 14.8. The summed E-state index contributed by atoms with van der Waals surface area (Å²) < 4.78 is 18.8. The third kappa shape index (κ3) is 4.14. The molecule has 0 atom stereocenters. The number of pyridine rings is 1. The van der Waals surface area contributed by atoms with Gasteiger partial charge in [0.2, 0.25) is 5.76 Å². The highest BCUT2D eigenvalue weighted by atomic mass is 19.1. The monoisotopic (exact) mass is 353 g/mol. The molecule has 1 amide bonds. The SMILES string of the molecule is CCc1nc(C)c(C(=O)N(Cc2ccncc2)Cc2ccc(F)cc2)o1. The lowest BCUT2D eigenvalue weighted by Crippen LogP contribution is -2.30. The summed E-state index contributed by atoms with van der Waals surface area (Å²) in [5, 5.41) is 0. The van der Waals surface area contributed by atoms with Gasteiger partial charge in [-0.3, -0.25) is 9.78 Å². The summed E-state index contributed by atoms with van der Waals surface area (Å²) in [6.07, 6.45) is 3.99. The van der Waals surface area contributed by atoms with Gasteiger partial charge in [-0.15, -0.1) is 0 Å². The molecule has 0 saturated heterocycles. The van der Waals surface area contributed by atoms with Gasteiger partial charge < -0.3 is 9.32 Å². The number of hydrogen-bond donors (Lipinski definition) is 0. The molecule has 26 heavy (non-hydrogen) atoms. The maximum Gasteiger partial charge on any atom is 0.292 e. The molecule has 0 spiro atoms. The summed E-state index contributed by atoms with van der Waals surface area (Å²) in [6, 6.07) is 9.84. The minimum atomic E-state index is -0.306. The van der Waals surface area contributed by atoms with Crippen LogP contribution in [-0.4, -0.2) is 20.8 Å². The Hall–Kier alpha value is -3.02. The maximum absolute atomic E-state index is 13.2. The Morgan fingerprint density at radius 2 is 1.69 bits per heavy atom. The Bertz CT molecular complexity index is 876. The molecule has 134 valence electrons. The van der Waals surface area contributed by atoms with Crippen LogP contribution in [0.4, 0.5) is 4.39 Å². The number of halogens is 1. The lowest BCUT2D eigenvalue weighted by molar-refractivity contribution is 0.0694. The average Bonchev–Trinajstić information content (AvgIpc) is 3.04. The van der Waals surface area contributed by atoms with E-state index in [4.69, 9.17) is 4.42 Å². The molecule has 0 bridgehead atoms.